The molecule has 0 spiro atoms. The number of rotatable bonds is 6. The summed E-state index contributed by atoms with van der Waals surface area (Å²) in [4.78, 5) is 9.88. The Labute approximate surface area is 117 Å². The zero-order chi connectivity index (χ0) is 13.2. The van der Waals surface area contributed by atoms with Crippen LogP contribution >= 0.6 is 11.3 Å². The molecular weight excluding hydrogens is 258 g/mol. The van der Waals surface area contributed by atoms with Gasteiger partial charge in [0, 0.05) is 12.5 Å². The first-order chi connectivity index (χ1) is 9.22. The van der Waals surface area contributed by atoms with Crippen LogP contribution in [0.25, 0.3) is 10.6 Å². The first-order valence-electron chi connectivity index (χ1n) is 6.85. The van der Waals surface area contributed by atoms with E-state index < -0.39 is 0 Å². The van der Waals surface area contributed by atoms with Gasteiger partial charge in [-0.05, 0) is 39.7 Å². The van der Waals surface area contributed by atoms with E-state index >= 15 is 0 Å². The Morgan fingerprint density at radius 3 is 2.95 bits per heavy atom. The van der Waals surface area contributed by atoms with Gasteiger partial charge in [0.15, 0.2) is 11.7 Å². The molecule has 0 saturated heterocycles. The molecule has 102 valence electrons. The molecule has 5 heteroatoms. The molecule has 1 fully saturated rings. The number of oxazole rings is 1. The fourth-order valence-electron chi connectivity index (χ4n) is 2.12. The highest BCUT2D eigenvalue weighted by Crippen LogP contribution is 2.30. The molecule has 0 unspecified atom stereocenters. The number of aromatic nitrogens is 2. The van der Waals surface area contributed by atoms with E-state index in [2.05, 4.69) is 15.3 Å². The van der Waals surface area contributed by atoms with E-state index in [9.17, 15) is 0 Å². The third kappa shape index (κ3) is 3.22. The largest absolute Gasteiger partial charge is 0.440 e. The predicted octanol–water partition coefficient (Wildman–Crippen LogP) is 3.10. The van der Waals surface area contributed by atoms with E-state index in [1.54, 1.807) is 11.3 Å². The van der Waals surface area contributed by atoms with Crippen molar-refractivity contribution in [3.05, 3.63) is 22.8 Å². The lowest BCUT2D eigenvalue weighted by molar-refractivity contribution is 0.492. The lowest BCUT2D eigenvalue weighted by Crippen LogP contribution is -2.17. The summed E-state index contributed by atoms with van der Waals surface area (Å²) >= 11 is 1.66. The molecule has 0 atom stereocenters. The normalized spacial score (nSPS) is 15.1. The van der Waals surface area contributed by atoms with Crippen molar-refractivity contribution >= 4 is 11.3 Å². The fourth-order valence-corrected chi connectivity index (χ4v) is 2.99. The molecule has 1 N–H and O–H groups in total. The summed E-state index contributed by atoms with van der Waals surface area (Å²) in [6.07, 6.45) is 6.48. The number of aryl methyl sites for hydroxylation is 3. The van der Waals surface area contributed by atoms with Crippen molar-refractivity contribution in [2.45, 2.75) is 45.6 Å². The van der Waals surface area contributed by atoms with Gasteiger partial charge in [0.1, 0.15) is 0 Å². The number of hydrogen-bond donors (Lipinski definition) is 1. The van der Waals surface area contributed by atoms with E-state index in [1.807, 2.05) is 20.0 Å². The molecule has 19 heavy (non-hydrogen) atoms. The first-order valence-corrected chi connectivity index (χ1v) is 7.66. The van der Waals surface area contributed by atoms with Gasteiger partial charge in [0.05, 0.1) is 21.8 Å². The van der Waals surface area contributed by atoms with Crippen molar-refractivity contribution in [2.24, 2.45) is 0 Å². The molecular formula is C14H19N3OS. The number of thiazole rings is 1. The van der Waals surface area contributed by atoms with E-state index in [-0.39, 0.29) is 0 Å². The third-order valence-electron chi connectivity index (χ3n) is 3.26. The number of nitrogens with zero attached hydrogens (tertiary/aromatic N) is 2. The fraction of sp³-hybridized carbons (Fsp3) is 0.571. The summed E-state index contributed by atoms with van der Waals surface area (Å²) in [5.41, 5.74) is 1.03. The summed E-state index contributed by atoms with van der Waals surface area (Å²) in [6, 6.07) is 0.780. The van der Waals surface area contributed by atoms with E-state index in [1.165, 1.54) is 12.8 Å². The Kier molecular flexibility index (Phi) is 3.66. The summed E-state index contributed by atoms with van der Waals surface area (Å²) in [7, 11) is 0. The molecule has 3 rings (SSSR count). The Bertz CT molecular complexity index is 557. The summed E-state index contributed by atoms with van der Waals surface area (Å²) < 4.78 is 5.82. The van der Waals surface area contributed by atoms with Gasteiger partial charge in [0.25, 0.3) is 0 Å². The molecule has 1 aliphatic carbocycles. The van der Waals surface area contributed by atoms with Gasteiger partial charge in [-0.25, -0.2) is 9.97 Å². The van der Waals surface area contributed by atoms with Gasteiger partial charge >= 0.3 is 0 Å². The van der Waals surface area contributed by atoms with E-state index in [4.69, 9.17) is 4.42 Å². The zero-order valence-corrected chi connectivity index (χ0v) is 12.2. The Morgan fingerprint density at radius 1 is 1.42 bits per heavy atom. The van der Waals surface area contributed by atoms with Crippen LogP contribution in [0.4, 0.5) is 0 Å². The molecule has 1 saturated carbocycles. The van der Waals surface area contributed by atoms with Crippen LogP contribution in [0.3, 0.4) is 0 Å². The molecule has 0 radical (unpaired) electrons. The predicted molar refractivity (Wildman–Crippen MR) is 76.4 cm³/mol. The van der Waals surface area contributed by atoms with Crippen LogP contribution in [0.2, 0.25) is 0 Å². The van der Waals surface area contributed by atoms with Crippen LogP contribution in [-0.2, 0) is 6.42 Å². The molecule has 1 aliphatic rings. The Balaban J connectivity index is 1.57. The van der Waals surface area contributed by atoms with Gasteiger partial charge < -0.3 is 9.73 Å². The average molecular weight is 277 g/mol. The smallest absolute Gasteiger partial charge is 0.194 e. The molecule has 2 heterocycles. The van der Waals surface area contributed by atoms with Gasteiger partial charge in [-0.1, -0.05) is 0 Å². The molecule has 4 nitrogen and oxygen atoms in total. The third-order valence-corrected chi connectivity index (χ3v) is 4.35. The van der Waals surface area contributed by atoms with Crippen molar-refractivity contribution in [3.63, 3.8) is 0 Å². The van der Waals surface area contributed by atoms with Crippen molar-refractivity contribution in [1.29, 1.82) is 0 Å². The van der Waals surface area contributed by atoms with E-state index in [0.717, 1.165) is 52.7 Å². The zero-order valence-electron chi connectivity index (χ0n) is 11.4. The summed E-state index contributed by atoms with van der Waals surface area (Å²) in [5.74, 6) is 1.69. The molecule has 0 aromatic carbocycles. The Morgan fingerprint density at radius 2 is 2.26 bits per heavy atom. The van der Waals surface area contributed by atoms with Crippen LogP contribution in [0.1, 0.15) is 35.9 Å². The van der Waals surface area contributed by atoms with Crippen LogP contribution in [0.5, 0.6) is 0 Å². The van der Waals surface area contributed by atoms with Crippen molar-refractivity contribution in [2.75, 3.05) is 6.54 Å². The monoisotopic (exact) mass is 277 g/mol. The van der Waals surface area contributed by atoms with Crippen LogP contribution < -0.4 is 5.32 Å². The van der Waals surface area contributed by atoms with Crippen LogP contribution in [-0.4, -0.2) is 22.6 Å². The van der Waals surface area contributed by atoms with Crippen LogP contribution in [0.15, 0.2) is 10.6 Å². The van der Waals surface area contributed by atoms with Gasteiger partial charge in [0.2, 0.25) is 0 Å². The maximum absolute atomic E-state index is 5.82. The lowest BCUT2D eigenvalue weighted by Gasteiger charge is -1.99. The quantitative estimate of drug-likeness (QED) is 0.824. The second-order valence-electron chi connectivity index (χ2n) is 5.10. The minimum Gasteiger partial charge on any atom is -0.440 e. The van der Waals surface area contributed by atoms with Crippen LogP contribution in [0, 0.1) is 13.8 Å². The lowest BCUT2D eigenvalue weighted by atomic mass is 10.3. The molecule has 0 bridgehead atoms. The van der Waals surface area contributed by atoms with Crippen molar-refractivity contribution < 1.29 is 4.42 Å². The van der Waals surface area contributed by atoms with Crippen molar-refractivity contribution in [1.82, 2.24) is 15.3 Å². The molecule has 2 aromatic heterocycles. The maximum Gasteiger partial charge on any atom is 0.194 e. The molecule has 2 aromatic rings. The summed E-state index contributed by atoms with van der Waals surface area (Å²) in [5, 5.41) is 4.57. The maximum atomic E-state index is 5.82. The topological polar surface area (TPSA) is 51.0 Å². The van der Waals surface area contributed by atoms with Gasteiger partial charge in [-0.2, -0.15) is 0 Å². The second-order valence-corrected chi connectivity index (χ2v) is 6.30. The number of hydrogen-bond acceptors (Lipinski definition) is 5. The average Bonchev–Trinajstić information content (AvgIpc) is 2.98. The molecule has 0 aliphatic heterocycles. The standard InChI is InChI=1S/C14H19N3OS/c1-9-14(19-10(2)17-9)12-8-16-13(18-12)4-3-7-15-11-5-6-11/h8,11,15H,3-7H2,1-2H3. The van der Waals surface area contributed by atoms with Crippen molar-refractivity contribution in [3.8, 4) is 10.6 Å². The number of nitrogens with one attached hydrogen (secondary N) is 1. The van der Waals surface area contributed by atoms with Gasteiger partial charge in [-0.3, -0.25) is 0 Å². The second kappa shape index (κ2) is 5.43. The molecule has 0 amide bonds. The highest BCUT2D eigenvalue weighted by Gasteiger charge is 2.19. The van der Waals surface area contributed by atoms with Gasteiger partial charge in [-0.15, -0.1) is 11.3 Å². The Hall–Kier alpha value is -1.20. The highest BCUT2D eigenvalue weighted by atomic mass is 32.1. The minimum atomic E-state index is 0.780. The van der Waals surface area contributed by atoms with E-state index in [0.29, 0.717) is 0 Å². The highest BCUT2D eigenvalue weighted by molar-refractivity contribution is 7.15. The SMILES string of the molecule is Cc1nc(C)c(-c2cnc(CCCNC3CC3)o2)s1. The minimum absolute atomic E-state index is 0.780. The first kappa shape index (κ1) is 12.8. The summed E-state index contributed by atoms with van der Waals surface area (Å²) in [6.45, 7) is 5.09.